The maximum absolute atomic E-state index is 6.36. The van der Waals surface area contributed by atoms with E-state index in [-0.39, 0.29) is 6.04 Å². The molecule has 1 aliphatic heterocycles. The molecule has 0 spiro atoms. The van der Waals surface area contributed by atoms with E-state index < -0.39 is 0 Å². The van der Waals surface area contributed by atoms with Crippen molar-refractivity contribution in [1.29, 1.82) is 0 Å². The maximum Gasteiger partial charge on any atom is 0.187 e. The third-order valence-corrected chi connectivity index (χ3v) is 4.57. The number of hydrogen-bond acceptors (Lipinski definition) is 4. The number of nitrogens with one attached hydrogen (secondary N) is 1. The minimum atomic E-state index is 0.113. The van der Waals surface area contributed by atoms with Crippen molar-refractivity contribution in [3.8, 4) is 0 Å². The molecule has 1 aromatic heterocycles. The van der Waals surface area contributed by atoms with Gasteiger partial charge in [-0.1, -0.05) is 29.8 Å². The standard InChI is InChI=1S/C10H8ClN3S2/c11-9-6-3-1-2-4-8(6)16-10(9)7-5-14(15)13-12-7/h1-4,7,12H,5H2. The van der Waals surface area contributed by atoms with Gasteiger partial charge in [-0.15, -0.1) is 11.3 Å². The molecule has 1 atom stereocenters. The zero-order valence-electron chi connectivity index (χ0n) is 8.18. The zero-order chi connectivity index (χ0) is 11.1. The van der Waals surface area contributed by atoms with Gasteiger partial charge in [0.25, 0.3) is 0 Å². The first-order valence-electron chi connectivity index (χ1n) is 4.83. The van der Waals surface area contributed by atoms with Gasteiger partial charge < -0.3 is 12.8 Å². The molecule has 0 saturated carbocycles. The van der Waals surface area contributed by atoms with E-state index in [9.17, 15) is 0 Å². The van der Waals surface area contributed by atoms with Gasteiger partial charge in [0, 0.05) is 10.1 Å². The van der Waals surface area contributed by atoms with Crippen molar-refractivity contribution in [2.24, 2.45) is 5.22 Å². The van der Waals surface area contributed by atoms with Gasteiger partial charge in [0.05, 0.1) is 15.1 Å². The van der Waals surface area contributed by atoms with Crippen LogP contribution in [0.25, 0.3) is 10.1 Å². The normalized spacial score (nSPS) is 19.8. The van der Waals surface area contributed by atoms with E-state index in [1.165, 1.54) is 8.80 Å². The van der Waals surface area contributed by atoms with Crippen LogP contribution in [0.3, 0.4) is 0 Å². The first-order valence-corrected chi connectivity index (χ1v) is 6.39. The van der Waals surface area contributed by atoms with E-state index in [4.69, 9.17) is 24.4 Å². The van der Waals surface area contributed by atoms with Crippen LogP contribution in [0.2, 0.25) is 5.02 Å². The van der Waals surface area contributed by atoms with Crippen molar-refractivity contribution in [3.63, 3.8) is 0 Å². The monoisotopic (exact) mass is 269 g/mol. The van der Waals surface area contributed by atoms with Crippen LogP contribution in [-0.4, -0.2) is 10.6 Å². The van der Waals surface area contributed by atoms with Crippen LogP contribution in [-0.2, 0) is 12.8 Å². The lowest BCUT2D eigenvalue weighted by atomic mass is 10.2. The van der Waals surface area contributed by atoms with Gasteiger partial charge in [-0.05, 0) is 6.07 Å². The molecule has 3 rings (SSSR count). The van der Waals surface area contributed by atoms with E-state index in [1.54, 1.807) is 11.3 Å². The molecule has 0 bridgehead atoms. The van der Waals surface area contributed by atoms with E-state index in [2.05, 4.69) is 16.7 Å². The summed E-state index contributed by atoms with van der Waals surface area (Å²) >= 11 is 13.0. The number of fused-ring (bicyclic) bond motifs is 1. The van der Waals surface area contributed by atoms with Crippen LogP contribution >= 0.6 is 22.9 Å². The fourth-order valence-corrected chi connectivity index (χ4v) is 3.57. The summed E-state index contributed by atoms with van der Waals surface area (Å²) in [4.78, 5) is 1.11. The maximum atomic E-state index is 6.36. The number of halogens is 1. The Balaban J connectivity index is 2.08. The average Bonchev–Trinajstić information content (AvgIpc) is 2.84. The average molecular weight is 270 g/mol. The number of hydrogen-bond donors (Lipinski definition) is 1. The molecule has 2 heterocycles. The van der Waals surface area contributed by atoms with Crippen molar-refractivity contribution in [2.75, 3.05) is 6.54 Å². The Morgan fingerprint density at radius 2 is 2.31 bits per heavy atom. The van der Waals surface area contributed by atoms with Gasteiger partial charge in [0.2, 0.25) is 0 Å². The number of benzene rings is 1. The highest BCUT2D eigenvalue weighted by molar-refractivity contribution is 7.51. The van der Waals surface area contributed by atoms with Crippen molar-refractivity contribution in [3.05, 3.63) is 34.2 Å². The number of thiophene rings is 1. The molecule has 1 unspecified atom stereocenters. The van der Waals surface area contributed by atoms with Gasteiger partial charge >= 0.3 is 0 Å². The molecular weight excluding hydrogens is 262 g/mol. The van der Waals surface area contributed by atoms with Gasteiger partial charge in [-0.3, -0.25) is 4.10 Å². The molecule has 16 heavy (non-hydrogen) atoms. The molecule has 3 nitrogen and oxygen atoms in total. The second-order valence-electron chi connectivity index (χ2n) is 3.59. The van der Waals surface area contributed by atoms with E-state index in [1.807, 2.05) is 18.2 Å². The SMILES string of the molecule is [S-][N+]1=NNC(c2sc3ccccc3c2Cl)C1. The Hall–Kier alpha value is -0.910. The minimum Gasteiger partial charge on any atom is -0.533 e. The first-order chi connectivity index (χ1) is 7.75. The molecule has 1 aromatic carbocycles. The second kappa shape index (κ2) is 3.84. The predicted octanol–water partition coefficient (Wildman–Crippen LogP) is 3.04. The summed E-state index contributed by atoms with van der Waals surface area (Å²) in [5, 5.41) is 5.87. The molecule has 0 aliphatic carbocycles. The molecule has 2 aromatic rings. The summed E-state index contributed by atoms with van der Waals surface area (Å²) in [5.74, 6) is 0. The Morgan fingerprint density at radius 1 is 1.50 bits per heavy atom. The Bertz CT molecular complexity index is 578. The zero-order valence-corrected chi connectivity index (χ0v) is 10.6. The van der Waals surface area contributed by atoms with Gasteiger partial charge in [-0.2, -0.15) is 5.43 Å². The van der Waals surface area contributed by atoms with Crippen LogP contribution in [0.5, 0.6) is 0 Å². The second-order valence-corrected chi connectivity index (χ2v) is 5.48. The summed E-state index contributed by atoms with van der Waals surface area (Å²) in [6, 6.07) is 8.24. The molecule has 82 valence electrons. The van der Waals surface area contributed by atoms with Crippen LogP contribution in [0.1, 0.15) is 10.9 Å². The summed E-state index contributed by atoms with van der Waals surface area (Å²) in [7, 11) is 0. The van der Waals surface area contributed by atoms with E-state index in [0.717, 1.165) is 15.3 Å². The van der Waals surface area contributed by atoms with E-state index >= 15 is 0 Å². The number of nitrogens with zero attached hydrogens (tertiary/aromatic N) is 2. The molecule has 6 heteroatoms. The lowest BCUT2D eigenvalue weighted by Gasteiger charge is -2.02. The van der Waals surface area contributed by atoms with Crippen LogP contribution in [0.15, 0.2) is 29.5 Å². The smallest absolute Gasteiger partial charge is 0.187 e. The predicted molar refractivity (Wildman–Crippen MR) is 67.6 cm³/mol. The van der Waals surface area contributed by atoms with Gasteiger partial charge in [-0.25, -0.2) is 0 Å². The van der Waals surface area contributed by atoms with Crippen molar-refractivity contribution < 1.29 is 4.10 Å². The first kappa shape index (κ1) is 10.3. The fraction of sp³-hybridized carbons (Fsp3) is 0.200. The molecular formula is C10H8ClN3S2. The molecule has 1 aliphatic rings. The summed E-state index contributed by atoms with van der Waals surface area (Å²) < 4.78 is 2.68. The Kier molecular flexibility index (Phi) is 2.46. The highest BCUT2D eigenvalue weighted by Crippen LogP contribution is 2.39. The van der Waals surface area contributed by atoms with Gasteiger partial charge in [0.1, 0.15) is 6.54 Å². The molecule has 0 fully saturated rings. The highest BCUT2D eigenvalue weighted by Gasteiger charge is 2.27. The quantitative estimate of drug-likeness (QED) is 0.636. The third kappa shape index (κ3) is 1.55. The summed E-state index contributed by atoms with van der Waals surface area (Å²) in [6.45, 7) is 0.682. The third-order valence-electron chi connectivity index (χ3n) is 2.54. The Labute approximate surface area is 107 Å². The molecule has 0 amide bonds. The summed E-state index contributed by atoms with van der Waals surface area (Å²) in [5.41, 5.74) is 3.00. The molecule has 0 radical (unpaired) electrons. The largest absolute Gasteiger partial charge is 0.533 e. The number of rotatable bonds is 1. The fourth-order valence-electron chi connectivity index (χ4n) is 1.77. The summed E-state index contributed by atoms with van der Waals surface area (Å²) in [6.07, 6.45) is 0. The lowest BCUT2D eigenvalue weighted by molar-refractivity contribution is -0.409. The van der Waals surface area contributed by atoms with Crippen LogP contribution in [0, 0.1) is 0 Å². The Morgan fingerprint density at radius 3 is 3.00 bits per heavy atom. The lowest BCUT2D eigenvalue weighted by Crippen LogP contribution is -2.12. The molecule has 0 saturated heterocycles. The minimum absolute atomic E-state index is 0.113. The molecule has 1 N–H and O–H groups in total. The van der Waals surface area contributed by atoms with Crippen LogP contribution < -0.4 is 5.43 Å². The van der Waals surface area contributed by atoms with E-state index in [0.29, 0.717) is 6.54 Å². The topological polar surface area (TPSA) is 27.4 Å². The van der Waals surface area contributed by atoms with Crippen molar-refractivity contribution in [2.45, 2.75) is 6.04 Å². The van der Waals surface area contributed by atoms with Crippen molar-refractivity contribution >= 4 is 45.8 Å². The van der Waals surface area contributed by atoms with Crippen LogP contribution in [0.4, 0.5) is 0 Å². The van der Waals surface area contributed by atoms with Gasteiger partial charge in [0.15, 0.2) is 6.04 Å². The highest BCUT2D eigenvalue weighted by atomic mass is 35.5. The van der Waals surface area contributed by atoms with Crippen molar-refractivity contribution in [1.82, 2.24) is 5.43 Å².